The van der Waals surface area contributed by atoms with Crippen LogP contribution in [-0.2, 0) is 4.57 Å². The molecule has 0 atom stereocenters. The SMILES string of the molecule is B.O=P(O)(O)O.[SrH2]. The van der Waals surface area contributed by atoms with E-state index in [1.54, 1.807) is 0 Å². The van der Waals surface area contributed by atoms with Gasteiger partial charge >= 0.3 is 53.3 Å². The number of hydrogen-bond donors (Lipinski definition) is 3. The fourth-order valence-corrected chi connectivity index (χ4v) is 0. The summed E-state index contributed by atoms with van der Waals surface area (Å²) in [6.07, 6.45) is 0. The summed E-state index contributed by atoms with van der Waals surface area (Å²) in [7, 11) is -4.64. The zero-order valence-corrected chi connectivity index (χ0v) is 3.09. The predicted molar refractivity (Wildman–Crippen MR) is 32.7 cm³/mol. The van der Waals surface area contributed by atoms with Crippen LogP contribution in [0.1, 0.15) is 0 Å². The van der Waals surface area contributed by atoms with Gasteiger partial charge in [0.15, 0.2) is 0 Å². The number of phosphoric acid groups is 1. The first-order valence-corrected chi connectivity index (χ1v) is 2.35. The van der Waals surface area contributed by atoms with Crippen molar-refractivity contribution < 1.29 is 19.2 Å². The standard InChI is InChI=1S/BH3.H3O4P.Sr.2H/c;1-5(2,3)4;;;/h1H3;(H3,1,2,3,4);;;. The predicted octanol–water partition coefficient (Wildman–Crippen LogP) is -3.03. The van der Waals surface area contributed by atoms with Crippen molar-refractivity contribution in [3.05, 3.63) is 0 Å². The van der Waals surface area contributed by atoms with Crippen LogP contribution in [0.4, 0.5) is 0 Å². The van der Waals surface area contributed by atoms with E-state index in [1.807, 2.05) is 0 Å². The summed E-state index contributed by atoms with van der Waals surface area (Å²) >= 11 is 0. The van der Waals surface area contributed by atoms with Crippen LogP contribution < -0.4 is 0 Å². The van der Waals surface area contributed by atoms with E-state index >= 15 is 0 Å². The third-order valence-corrected chi connectivity index (χ3v) is 0. The van der Waals surface area contributed by atoms with Crippen LogP contribution in [-0.4, -0.2) is 68.6 Å². The Kier molecular flexibility index (Phi) is 13.1. The Morgan fingerprint density at radius 3 is 1.14 bits per heavy atom. The maximum atomic E-state index is 8.88. The molecule has 0 aliphatic carbocycles. The molecule has 0 heterocycles. The molecule has 3 N–H and O–H groups in total. The Morgan fingerprint density at radius 2 is 1.14 bits per heavy atom. The molecule has 0 aromatic rings. The minimum atomic E-state index is -4.64. The number of rotatable bonds is 0. The quantitative estimate of drug-likeness (QED) is 0.288. The van der Waals surface area contributed by atoms with Crippen molar-refractivity contribution in [1.82, 2.24) is 0 Å². The Bertz CT molecular complexity index is 57.8. The van der Waals surface area contributed by atoms with Crippen LogP contribution >= 0.6 is 7.82 Å². The van der Waals surface area contributed by atoms with Crippen molar-refractivity contribution >= 4 is 61.7 Å². The molecule has 0 aromatic heterocycles. The Labute approximate surface area is 80.0 Å². The molecule has 0 aliphatic rings. The molecule has 0 saturated heterocycles. The van der Waals surface area contributed by atoms with Gasteiger partial charge in [0.1, 0.15) is 0 Å². The van der Waals surface area contributed by atoms with Gasteiger partial charge in [0.25, 0.3) is 0 Å². The van der Waals surface area contributed by atoms with Crippen molar-refractivity contribution in [2.75, 3.05) is 0 Å². The average Bonchev–Trinajstić information content (AvgIpc) is 0.722. The second kappa shape index (κ2) is 5.79. The summed E-state index contributed by atoms with van der Waals surface area (Å²) in [6, 6.07) is 0. The molecular weight excluding hydrogens is 193 g/mol. The van der Waals surface area contributed by atoms with E-state index in [2.05, 4.69) is 0 Å². The molecule has 0 fully saturated rings. The van der Waals surface area contributed by atoms with Crippen molar-refractivity contribution in [3.8, 4) is 0 Å². The molecular formula is H8BO4PSr. The van der Waals surface area contributed by atoms with E-state index in [0.29, 0.717) is 0 Å². The van der Waals surface area contributed by atoms with Gasteiger partial charge in [-0.15, -0.1) is 0 Å². The van der Waals surface area contributed by atoms with E-state index in [0.717, 1.165) is 0 Å². The van der Waals surface area contributed by atoms with E-state index in [4.69, 9.17) is 19.2 Å². The summed E-state index contributed by atoms with van der Waals surface area (Å²) in [4.78, 5) is 21.6. The summed E-state index contributed by atoms with van der Waals surface area (Å²) in [5, 5.41) is 0. The van der Waals surface area contributed by atoms with Gasteiger partial charge in [0.2, 0.25) is 0 Å². The third-order valence-electron chi connectivity index (χ3n) is 0. The van der Waals surface area contributed by atoms with Crippen LogP contribution in [0.5, 0.6) is 0 Å². The summed E-state index contributed by atoms with van der Waals surface area (Å²) in [5.74, 6) is 0. The molecule has 7 heavy (non-hydrogen) atoms. The minimum absolute atomic E-state index is 0. The molecule has 0 aliphatic heterocycles. The van der Waals surface area contributed by atoms with Gasteiger partial charge < -0.3 is 14.7 Å². The fraction of sp³-hybridized carbons (Fsp3) is 0. The Morgan fingerprint density at radius 1 is 1.14 bits per heavy atom. The summed E-state index contributed by atoms with van der Waals surface area (Å²) < 4.78 is 8.88. The van der Waals surface area contributed by atoms with E-state index < -0.39 is 7.82 Å². The zero-order valence-electron chi connectivity index (χ0n) is 2.20. The molecule has 7 heteroatoms. The van der Waals surface area contributed by atoms with Gasteiger partial charge in [-0.2, -0.15) is 0 Å². The second-order valence-electron chi connectivity index (χ2n) is 0.513. The molecule has 42 valence electrons. The summed E-state index contributed by atoms with van der Waals surface area (Å²) in [6.45, 7) is 0. The number of hydrogen-bond acceptors (Lipinski definition) is 1. The van der Waals surface area contributed by atoms with Gasteiger partial charge in [0, 0.05) is 0 Å². The van der Waals surface area contributed by atoms with Crippen molar-refractivity contribution in [3.63, 3.8) is 0 Å². The molecule has 0 spiro atoms. The Hall–Kier alpha value is 1.66. The normalized spacial score (nSPS) is 8.43. The van der Waals surface area contributed by atoms with Crippen LogP contribution in [0.3, 0.4) is 0 Å². The van der Waals surface area contributed by atoms with Crippen LogP contribution in [0.25, 0.3) is 0 Å². The van der Waals surface area contributed by atoms with Crippen LogP contribution in [0.15, 0.2) is 0 Å². The van der Waals surface area contributed by atoms with Crippen molar-refractivity contribution in [2.45, 2.75) is 0 Å². The van der Waals surface area contributed by atoms with Crippen LogP contribution in [0, 0.1) is 0 Å². The Balaban J connectivity index is -0.0000000800. The zero-order chi connectivity index (χ0) is 4.50. The van der Waals surface area contributed by atoms with Crippen molar-refractivity contribution in [1.29, 1.82) is 0 Å². The third kappa shape index (κ3) is 89.3. The second-order valence-corrected chi connectivity index (χ2v) is 1.54. The first-order valence-electron chi connectivity index (χ1n) is 0.783. The fourth-order valence-electron chi connectivity index (χ4n) is 0. The molecule has 0 unspecified atom stereocenters. The van der Waals surface area contributed by atoms with E-state index in [1.165, 1.54) is 0 Å². The van der Waals surface area contributed by atoms with E-state index in [-0.39, 0.29) is 53.9 Å². The van der Waals surface area contributed by atoms with Crippen LogP contribution in [0.2, 0.25) is 0 Å². The van der Waals surface area contributed by atoms with Gasteiger partial charge in [-0.25, -0.2) is 4.57 Å². The first-order chi connectivity index (χ1) is 2.00. The first kappa shape index (κ1) is 15.9. The van der Waals surface area contributed by atoms with Gasteiger partial charge in [-0.1, -0.05) is 0 Å². The molecule has 0 radical (unpaired) electrons. The monoisotopic (exact) mass is 202 g/mol. The molecule has 0 rings (SSSR count). The maximum absolute atomic E-state index is 8.88. The molecule has 4 nitrogen and oxygen atoms in total. The van der Waals surface area contributed by atoms with Gasteiger partial charge in [0.05, 0.1) is 8.41 Å². The molecule has 0 bridgehead atoms. The molecule has 0 amide bonds. The molecule has 0 aromatic carbocycles. The topological polar surface area (TPSA) is 77.8 Å². The average molecular weight is 201 g/mol. The van der Waals surface area contributed by atoms with Crippen molar-refractivity contribution in [2.24, 2.45) is 0 Å². The van der Waals surface area contributed by atoms with E-state index in [9.17, 15) is 0 Å². The summed E-state index contributed by atoms with van der Waals surface area (Å²) in [5.41, 5.74) is 0. The van der Waals surface area contributed by atoms with Gasteiger partial charge in [-0.3, -0.25) is 0 Å². The molecule has 0 saturated carbocycles. The van der Waals surface area contributed by atoms with Gasteiger partial charge in [-0.05, 0) is 0 Å².